The fourth-order valence-corrected chi connectivity index (χ4v) is 6.12. The van der Waals surface area contributed by atoms with Crippen LogP contribution in [0.3, 0.4) is 0 Å². The van der Waals surface area contributed by atoms with Gasteiger partial charge < -0.3 is 35.2 Å². The number of hydrogen-bond acceptors (Lipinski definition) is 9. The summed E-state index contributed by atoms with van der Waals surface area (Å²) >= 11 is 0. The van der Waals surface area contributed by atoms with Crippen LogP contribution in [0.25, 0.3) is 0 Å². The second kappa shape index (κ2) is 14.0. The van der Waals surface area contributed by atoms with Crippen molar-refractivity contribution in [3.05, 3.63) is 35.6 Å². The van der Waals surface area contributed by atoms with Gasteiger partial charge in [-0.15, -0.1) is 0 Å². The second-order valence-corrected chi connectivity index (χ2v) is 14.0. The van der Waals surface area contributed by atoms with Gasteiger partial charge in [-0.3, -0.25) is 19.2 Å². The van der Waals surface area contributed by atoms with Gasteiger partial charge in [0.15, 0.2) is 5.60 Å². The SMILES string of the molecule is CCC[C@H](NC(=O)[C@@H]1C[C@]2(CC(c3ccc(F)cc3)=NO2)CN1C(=O)[C@@H](NC(=O)O[C@H]1CCOC1)C(C)(C)C)C(=O)C(=O)NC1CC1. The lowest BCUT2D eigenvalue weighted by Gasteiger charge is -2.35. The monoisotopic (exact) mass is 657 g/mol. The molecular weight excluding hydrogens is 613 g/mol. The molecule has 4 aliphatic rings. The first-order valence-corrected chi connectivity index (χ1v) is 16.3. The van der Waals surface area contributed by atoms with Crippen molar-refractivity contribution in [1.82, 2.24) is 20.9 Å². The average Bonchev–Trinajstić information content (AvgIpc) is 3.37. The largest absolute Gasteiger partial charge is 0.444 e. The number of oxime groups is 1. The molecule has 13 nitrogen and oxygen atoms in total. The molecule has 14 heteroatoms. The predicted molar refractivity (Wildman–Crippen MR) is 167 cm³/mol. The number of benzene rings is 1. The van der Waals surface area contributed by atoms with Crippen molar-refractivity contribution in [1.29, 1.82) is 0 Å². The number of carbonyl (C=O) groups is 5. The van der Waals surface area contributed by atoms with Gasteiger partial charge in [-0.1, -0.05) is 51.4 Å². The Hall–Kier alpha value is -4.07. The van der Waals surface area contributed by atoms with E-state index in [-0.39, 0.29) is 38.5 Å². The number of ketones is 1. The quantitative estimate of drug-likeness (QED) is 0.305. The van der Waals surface area contributed by atoms with Gasteiger partial charge in [0.05, 0.1) is 31.5 Å². The van der Waals surface area contributed by atoms with Gasteiger partial charge in [0.2, 0.25) is 17.6 Å². The van der Waals surface area contributed by atoms with E-state index in [1.54, 1.807) is 32.9 Å². The van der Waals surface area contributed by atoms with E-state index in [0.29, 0.717) is 30.7 Å². The predicted octanol–water partition coefficient (Wildman–Crippen LogP) is 2.35. The van der Waals surface area contributed by atoms with Gasteiger partial charge >= 0.3 is 6.09 Å². The molecule has 256 valence electrons. The van der Waals surface area contributed by atoms with Crippen LogP contribution >= 0.6 is 0 Å². The van der Waals surface area contributed by atoms with Crippen molar-refractivity contribution in [2.75, 3.05) is 19.8 Å². The van der Waals surface area contributed by atoms with E-state index in [0.717, 1.165) is 12.8 Å². The fourth-order valence-electron chi connectivity index (χ4n) is 6.12. The highest BCUT2D eigenvalue weighted by atomic mass is 19.1. The molecule has 4 amide bonds. The molecular formula is C33H44FN5O8. The summed E-state index contributed by atoms with van der Waals surface area (Å²) in [6.07, 6.45) is 1.94. The summed E-state index contributed by atoms with van der Waals surface area (Å²) in [6, 6.07) is 2.44. The standard InChI is InChI=1S/C33H44FN5O8/c1-5-6-23(26(40)29(42)35-21-11-12-21)36-28(41)25-16-33(15-24(38-47-33)19-7-9-20(34)10-8-19)18-39(25)30(43)27(32(2,3)4)37-31(44)46-22-13-14-45-17-22/h7-10,21-23,25,27H,5-6,11-18H2,1-4H3,(H,35,42)(H,36,41)(H,37,44)/t22-,23-,25-,27+,33+/m0/s1. The molecule has 5 atom stereocenters. The van der Waals surface area contributed by atoms with Gasteiger partial charge in [-0.05, 0) is 42.4 Å². The number of carbonyl (C=O) groups excluding carboxylic acids is 5. The van der Waals surface area contributed by atoms with E-state index in [4.69, 9.17) is 14.3 Å². The van der Waals surface area contributed by atoms with Crippen LogP contribution < -0.4 is 16.0 Å². The number of nitrogens with zero attached hydrogens (tertiary/aromatic N) is 2. The lowest BCUT2D eigenvalue weighted by Crippen LogP contribution is -2.59. The Balaban J connectivity index is 1.38. The summed E-state index contributed by atoms with van der Waals surface area (Å²) < 4.78 is 24.4. The number of nitrogens with one attached hydrogen (secondary N) is 3. The summed E-state index contributed by atoms with van der Waals surface area (Å²) in [5.74, 6) is -3.07. The molecule has 0 bridgehead atoms. The Morgan fingerprint density at radius 1 is 1.11 bits per heavy atom. The Labute approximate surface area is 273 Å². The Bertz CT molecular complexity index is 1400. The van der Waals surface area contributed by atoms with Gasteiger partial charge in [0.1, 0.15) is 24.0 Å². The maximum absolute atomic E-state index is 14.4. The van der Waals surface area contributed by atoms with Crippen LogP contribution in [0.4, 0.5) is 9.18 Å². The maximum Gasteiger partial charge on any atom is 0.408 e. The molecule has 1 aliphatic carbocycles. The highest BCUT2D eigenvalue weighted by Gasteiger charge is 2.55. The average molecular weight is 658 g/mol. The molecule has 1 spiro atoms. The molecule has 0 radical (unpaired) electrons. The molecule has 3 N–H and O–H groups in total. The van der Waals surface area contributed by atoms with E-state index in [2.05, 4.69) is 21.1 Å². The molecule has 5 rings (SSSR count). The summed E-state index contributed by atoms with van der Waals surface area (Å²) in [6.45, 7) is 7.87. The minimum Gasteiger partial charge on any atom is -0.444 e. The van der Waals surface area contributed by atoms with Crippen LogP contribution in [0.15, 0.2) is 29.4 Å². The number of hydrogen-bond donors (Lipinski definition) is 3. The minimum atomic E-state index is -1.12. The summed E-state index contributed by atoms with van der Waals surface area (Å²) in [5, 5.41) is 12.4. The van der Waals surface area contributed by atoms with Crippen molar-refractivity contribution in [2.45, 2.75) is 109 Å². The number of amides is 4. The molecule has 47 heavy (non-hydrogen) atoms. The minimum absolute atomic E-state index is 0.0286. The van der Waals surface area contributed by atoms with Gasteiger partial charge in [-0.25, -0.2) is 9.18 Å². The summed E-state index contributed by atoms with van der Waals surface area (Å²) in [4.78, 5) is 74.3. The van der Waals surface area contributed by atoms with Crippen molar-refractivity contribution >= 4 is 35.3 Å². The first-order chi connectivity index (χ1) is 22.3. The van der Waals surface area contributed by atoms with Gasteiger partial charge in [0, 0.05) is 25.3 Å². The third-order valence-corrected chi connectivity index (χ3v) is 8.89. The third kappa shape index (κ3) is 8.27. The van der Waals surface area contributed by atoms with Crippen LogP contribution in [-0.2, 0) is 33.5 Å². The zero-order chi connectivity index (χ0) is 33.9. The maximum atomic E-state index is 14.4. The second-order valence-electron chi connectivity index (χ2n) is 14.0. The summed E-state index contributed by atoms with van der Waals surface area (Å²) in [7, 11) is 0. The smallest absolute Gasteiger partial charge is 0.408 e. The van der Waals surface area contributed by atoms with E-state index in [1.165, 1.54) is 17.0 Å². The van der Waals surface area contributed by atoms with Crippen molar-refractivity contribution in [3.8, 4) is 0 Å². The van der Waals surface area contributed by atoms with Crippen LogP contribution in [0.5, 0.6) is 0 Å². The zero-order valence-corrected chi connectivity index (χ0v) is 27.3. The molecule has 3 fully saturated rings. The number of ether oxygens (including phenoxy) is 2. The number of Topliss-reactive ketones (excluding diaryl/α,β-unsaturated/α-hetero) is 1. The van der Waals surface area contributed by atoms with E-state index in [1.807, 2.05) is 6.92 Å². The first kappa shape index (κ1) is 34.3. The Morgan fingerprint density at radius 3 is 2.45 bits per heavy atom. The molecule has 0 aromatic heterocycles. The highest BCUT2D eigenvalue weighted by molar-refractivity contribution is 6.38. The normalized spacial score (nSPS) is 25.0. The number of halogens is 1. The number of rotatable bonds is 11. The van der Waals surface area contributed by atoms with E-state index < -0.39 is 70.7 Å². The topological polar surface area (TPSA) is 165 Å². The molecule has 2 saturated heterocycles. The lowest BCUT2D eigenvalue weighted by atomic mass is 9.85. The molecule has 3 aliphatic heterocycles. The van der Waals surface area contributed by atoms with Crippen LogP contribution in [0.1, 0.15) is 78.2 Å². The van der Waals surface area contributed by atoms with Gasteiger partial charge in [0.25, 0.3) is 5.91 Å². The number of alkyl carbamates (subject to hydrolysis) is 1. The molecule has 1 aromatic carbocycles. The molecule has 1 saturated carbocycles. The van der Waals surface area contributed by atoms with Gasteiger partial charge in [-0.2, -0.15) is 0 Å². The summed E-state index contributed by atoms with van der Waals surface area (Å²) in [5.41, 5.74) is -0.731. The molecule has 3 heterocycles. The van der Waals surface area contributed by atoms with Crippen molar-refractivity contribution in [2.24, 2.45) is 10.6 Å². The van der Waals surface area contributed by atoms with Crippen molar-refractivity contribution in [3.63, 3.8) is 0 Å². The zero-order valence-electron chi connectivity index (χ0n) is 27.3. The van der Waals surface area contributed by atoms with Crippen LogP contribution in [-0.4, -0.2) is 95.8 Å². The molecule has 0 unspecified atom stereocenters. The third-order valence-electron chi connectivity index (χ3n) is 8.89. The lowest BCUT2D eigenvalue weighted by molar-refractivity contribution is -0.144. The fraction of sp³-hybridized carbons (Fsp3) is 0.636. The van der Waals surface area contributed by atoms with E-state index in [9.17, 15) is 28.4 Å². The Morgan fingerprint density at radius 2 is 1.83 bits per heavy atom. The van der Waals surface area contributed by atoms with Crippen LogP contribution in [0.2, 0.25) is 0 Å². The first-order valence-electron chi connectivity index (χ1n) is 16.3. The van der Waals surface area contributed by atoms with Crippen molar-refractivity contribution < 1.29 is 42.7 Å². The van der Waals surface area contributed by atoms with Crippen LogP contribution in [0, 0.1) is 11.2 Å². The molecule has 1 aromatic rings. The van der Waals surface area contributed by atoms with E-state index >= 15 is 0 Å². The number of likely N-dealkylation sites (tertiary alicyclic amines) is 1. The highest BCUT2D eigenvalue weighted by Crippen LogP contribution is 2.40. The Kier molecular flexibility index (Phi) is 10.2.